The van der Waals surface area contributed by atoms with Gasteiger partial charge in [-0.05, 0) is 97.6 Å². The Labute approximate surface area is 324 Å². The molecular weight excluding hydrogens is 663 g/mol. The molecule has 0 aliphatic heterocycles. The Morgan fingerprint density at radius 1 is 0.200 bits per heavy atom. The van der Waals surface area contributed by atoms with Crippen LogP contribution < -0.4 is 4.90 Å². The van der Waals surface area contributed by atoms with Gasteiger partial charge in [0.25, 0.3) is 0 Å². The van der Waals surface area contributed by atoms with Gasteiger partial charge in [0.2, 0.25) is 0 Å². The van der Waals surface area contributed by atoms with Crippen molar-refractivity contribution < 1.29 is 0 Å². The molecule has 0 heterocycles. The highest BCUT2D eigenvalue weighted by atomic mass is 15.1. The van der Waals surface area contributed by atoms with Crippen LogP contribution in [0.15, 0.2) is 237 Å². The minimum atomic E-state index is 1.08. The molecule has 0 unspecified atom stereocenters. The van der Waals surface area contributed by atoms with Gasteiger partial charge >= 0.3 is 0 Å². The van der Waals surface area contributed by atoms with Crippen LogP contribution in [-0.2, 0) is 0 Å². The van der Waals surface area contributed by atoms with E-state index in [1.54, 1.807) is 0 Å². The highest BCUT2D eigenvalue weighted by Gasteiger charge is 2.22. The molecule has 0 saturated carbocycles. The third-order valence-corrected chi connectivity index (χ3v) is 10.3. The molecule has 0 radical (unpaired) electrons. The van der Waals surface area contributed by atoms with Gasteiger partial charge in [-0.1, -0.05) is 200 Å². The van der Waals surface area contributed by atoms with E-state index in [9.17, 15) is 0 Å². The zero-order valence-electron chi connectivity index (χ0n) is 30.5. The van der Waals surface area contributed by atoms with Gasteiger partial charge in [0.15, 0.2) is 0 Å². The summed E-state index contributed by atoms with van der Waals surface area (Å²) in [6, 6.07) is 85.1. The van der Waals surface area contributed by atoms with E-state index in [0.717, 1.165) is 33.8 Å². The minimum Gasteiger partial charge on any atom is -0.310 e. The SMILES string of the molecule is c1ccc(-c2cccc(N(c3cc(-c4ccccc4)cc(-c4ccccc4)c3)c3ccccc3-c3ccccc3-c3ccccc3-c3ccccc3)c2)cc1. The van der Waals surface area contributed by atoms with E-state index in [-0.39, 0.29) is 0 Å². The number of rotatable bonds is 9. The Hall–Kier alpha value is -7.22. The van der Waals surface area contributed by atoms with Crippen molar-refractivity contribution in [3.8, 4) is 66.8 Å². The van der Waals surface area contributed by atoms with Crippen molar-refractivity contribution in [3.05, 3.63) is 237 Å². The largest absolute Gasteiger partial charge is 0.310 e. The topological polar surface area (TPSA) is 3.24 Å². The first kappa shape index (κ1) is 33.6. The van der Waals surface area contributed by atoms with Gasteiger partial charge in [0, 0.05) is 16.9 Å². The fourth-order valence-electron chi connectivity index (χ4n) is 7.65. The summed E-state index contributed by atoms with van der Waals surface area (Å²) < 4.78 is 0. The molecule has 260 valence electrons. The van der Waals surface area contributed by atoms with Gasteiger partial charge in [-0.3, -0.25) is 0 Å². The van der Waals surface area contributed by atoms with Crippen molar-refractivity contribution >= 4 is 17.1 Å². The summed E-state index contributed by atoms with van der Waals surface area (Å²) in [6.45, 7) is 0. The number of anilines is 3. The molecule has 0 aliphatic carbocycles. The predicted molar refractivity (Wildman–Crippen MR) is 234 cm³/mol. The lowest BCUT2D eigenvalue weighted by Gasteiger charge is -2.30. The summed E-state index contributed by atoms with van der Waals surface area (Å²) in [7, 11) is 0. The zero-order valence-corrected chi connectivity index (χ0v) is 30.5. The second-order valence-corrected chi connectivity index (χ2v) is 13.7. The Morgan fingerprint density at radius 3 is 1.11 bits per heavy atom. The van der Waals surface area contributed by atoms with Crippen molar-refractivity contribution in [3.63, 3.8) is 0 Å². The molecule has 9 aromatic carbocycles. The molecular formula is C54H39N. The Bertz CT molecular complexity index is 2620. The van der Waals surface area contributed by atoms with Gasteiger partial charge in [-0.2, -0.15) is 0 Å². The quantitative estimate of drug-likeness (QED) is 0.145. The highest BCUT2D eigenvalue weighted by Crippen LogP contribution is 2.47. The van der Waals surface area contributed by atoms with Crippen LogP contribution in [0.2, 0.25) is 0 Å². The molecule has 55 heavy (non-hydrogen) atoms. The van der Waals surface area contributed by atoms with Crippen LogP contribution in [0.25, 0.3) is 66.8 Å². The van der Waals surface area contributed by atoms with E-state index in [1.165, 1.54) is 50.1 Å². The van der Waals surface area contributed by atoms with Crippen LogP contribution in [0, 0.1) is 0 Å². The first-order valence-electron chi connectivity index (χ1n) is 18.8. The fourth-order valence-corrected chi connectivity index (χ4v) is 7.65. The monoisotopic (exact) mass is 701 g/mol. The normalized spacial score (nSPS) is 10.9. The van der Waals surface area contributed by atoms with Crippen molar-refractivity contribution in [1.29, 1.82) is 0 Å². The summed E-state index contributed by atoms with van der Waals surface area (Å²) in [5.41, 5.74) is 17.4. The molecule has 0 atom stereocenters. The first-order valence-corrected chi connectivity index (χ1v) is 18.8. The summed E-state index contributed by atoms with van der Waals surface area (Å²) in [5, 5.41) is 0. The average Bonchev–Trinajstić information content (AvgIpc) is 3.28. The van der Waals surface area contributed by atoms with Crippen molar-refractivity contribution in [2.24, 2.45) is 0 Å². The number of nitrogens with zero attached hydrogens (tertiary/aromatic N) is 1. The maximum Gasteiger partial charge on any atom is 0.0540 e. The molecule has 0 N–H and O–H groups in total. The van der Waals surface area contributed by atoms with Crippen LogP contribution in [0.3, 0.4) is 0 Å². The van der Waals surface area contributed by atoms with Gasteiger partial charge in [-0.25, -0.2) is 0 Å². The van der Waals surface area contributed by atoms with Gasteiger partial charge < -0.3 is 4.90 Å². The summed E-state index contributed by atoms with van der Waals surface area (Å²) in [4.78, 5) is 2.44. The van der Waals surface area contributed by atoms with Crippen LogP contribution in [0.5, 0.6) is 0 Å². The second-order valence-electron chi connectivity index (χ2n) is 13.7. The number of hydrogen-bond donors (Lipinski definition) is 0. The van der Waals surface area contributed by atoms with E-state index in [1.807, 2.05) is 0 Å². The van der Waals surface area contributed by atoms with Gasteiger partial charge in [-0.15, -0.1) is 0 Å². The molecule has 0 bridgehead atoms. The molecule has 9 aromatic rings. The van der Waals surface area contributed by atoms with Crippen LogP contribution in [0.4, 0.5) is 17.1 Å². The van der Waals surface area contributed by atoms with E-state index in [0.29, 0.717) is 0 Å². The molecule has 0 aliphatic rings. The lowest BCUT2D eigenvalue weighted by Crippen LogP contribution is -2.12. The third kappa shape index (κ3) is 7.00. The fraction of sp³-hybridized carbons (Fsp3) is 0. The number of benzene rings is 9. The lowest BCUT2D eigenvalue weighted by molar-refractivity contribution is 1.28. The maximum atomic E-state index is 2.44. The van der Waals surface area contributed by atoms with Gasteiger partial charge in [0.05, 0.1) is 5.69 Å². The van der Waals surface area contributed by atoms with E-state index < -0.39 is 0 Å². The molecule has 0 saturated heterocycles. The maximum absolute atomic E-state index is 2.44. The molecule has 1 heteroatoms. The summed E-state index contributed by atoms with van der Waals surface area (Å²) in [5.74, 6) is 0. The Balaban J connectivity index is 1.30. The number of hydrogen-bond acceptors (Lipinski definition) is 1. The first-order chi connectivity index (χ1) is 27.3. The minimum absolute atomic E-state index is 1.08. The molecule has 1 nitrogen and oxygen atoms in total. The predicted octanol–water partition coefficient (Wildman–Crippen LogP) is 15.2. The third-order valence-electron chi connectivity index (χ3n) is 10.3. The lowest BCUT2D eigenvalue weighted by atomic mass is 9.88. The van der Waals surface area contributed by atoms with Crippen molar-refractivity contribution in [2.75, 3.05) is 4.90 Å². The molecule has 0 spiro atoms. The standard InChI is InChI=1S/C54H39N/c1-5-20-40(21-6-1)44-28-19-29-47(37-44)55(48-38-45(41-22-7-2-8-23-41)36-46(39-48)42-24-9-3-10-25-42)54-35-18-17-34-53(54)52-33-16-15-32-51(52)50-31-14-13-30-49(50)43-26-11-4-12-27-43/h1-39H. The number of para-hydroxylation sites is 1. The van der Waals surface area contributed by atoms with Crippen molar-refractivity contribution in [1.82, 2.24) is 0 Å². The van der Waals surface area contributed by atoms with Gasteiger partial charge in [0.1, 0.15) is 0 Å². The summed E-state index contributed by atoms with van der Waals surface area (Å²) in [6.07, 6.45) is 0. The van der Waals surface area contributed by atoms with E-state index in [4.69, 9.17) is 0 Å². The van der Waals surface area contributed by atoms with Crippen LogP contribution in [0.1, 0.15) is 0 Å². The highest BCUT2D eigenvalue weighted by molar-refractivity contribution is 5.98. The molecule has 0 aromatic heterocycles. The van der Waals surface area contributed by atoms with Crippen LogP contribution >= 0.6 is 0 Å². The molecule has 9 rings (SSSR count). The second kappa shape index (κ2) is 15.4. The van der Waals surface area contributed by atoms with E-state index in [2.05, 4.69) is 241 Å². The smallest absolute Gasteiger partial charge is 0.0540 e. The Kier molecular flexibility index (Phi) is 9.41. The molecule has 0 amide bonds. The van der Waals surface area contributed by atoms with Crippen molar-refractivity contribution in [2.45, 2.75) is 0 Å². The van der Waals surface area contributed by atoms with Crippen LogP contribution in [-0.4, -0.2) is 0 Å². The Morgan fingerprint density at radius 2 is 0.564 bits per heavy atom. The zero-order chi connectivity index (χ0) is 36.8. The average molecular weight is 702 g/mol. The molecule has 0 fully saturated rings. The van der Waals surface area contributed by atoms with E-state index >= 15 is 0 Å². The summed E-state index contributed by atoms with van der Waals surface area (Å²) >= 11 is 0.